The topological polar surface area (TPSA) is 58.6 Å². The van der Waals surface area contributed by atoms with E-state index in [9.17, 15) is 4.79 Å². The minimum Gasteiger partial charge on any atom is -0.492 e. The number of nitrogens with one attached hydrogen (secondary N) is 1. The molecule has 0 fully saturated rings. The van der Waals surface area contributed by atoms with Gasteiger partial charge in [-0.15, -0.1) is 0 Å². The van der Waals surface area contributed by atoms with Crippen LogP contribution in [0.1, 0.15) is 38.1 Å². The Labute approximate surface area is 121 Å². The smallest absolute Gasteiger partial charge is 0.335 e. The molecule has 0 atom stereocenters. The second-order valence-electron chi connectivity index (χ2n) is 6.00. The Balaban J connectivity index is 2.26. The Bertz CT molecular complexity index is 424. The quantitative estimate of drug-likeness (QED) is 0.718. The van der Waals surface area contributed by atoms with E-state index in [1.54, 1.807) is 24.3 Å². The Morgan fingerprint density at radius 2 is 1.90 bits per heavy atom. The SMILES string of the molecule is CC(C)C(C)(C)CNCCOc1ccc(C(=O)O)cc1. The lowest BCUT2D eigenvalue weighted by Gasteiger charge is -2.29. The van der Waals surface area contributed by atoms with E-state index in [1.165, 1.54) is 0 Å². The summed E-state index contributed by atoms with van der Waals surface area (Å²) in [7, 11) is 0. The summed E-state index contributed by atoms with van der Waals surface area (Å²) >= 11 is 0. The third-order valence-electron chi connectivity index (χ3n) is 3.79. The van der Waals surface area contributed by atoms with Gasteiger partial charge in [0.05, 0.1) is 5.56 Å². The van der Waals surface area contributed by atoms with Crippen LogP contribution in [0.25, 0.3) is 0 Å². The van der Waals surface area contributed by atoms with E-state index in [2.05, 4.69) is 33.0 Å². The van der Waals surface area contributed by atoms with Crippen molar-refractivity contribution in [2.75, 3.05) is 19.7 Å². The fourth-order valence-corrected chi connectivity index (χ4v) is 1.55. The van der Waals surface area contributed by atoms with E-state index in [0.29, 0.717) is 18.3 Å². The van der Waals surface area contributed by atoms with Crippen molar-refractivity contribution in [3.05, 3.63) is 29.8 Å². The molecule has 0 unspecified atom stereocenters. The van der Waals surface area contributed by atoms with Gasteiger partial charge in [-0.3, -0.25) is 0 Å². The molecule has 0 aromatic heterocycles. The zero-order chi connectivity index (χ0) is 15.2. The molecule has 20 heavy (non-hydrogen) atoms. The minimum atomic E-state index is -0.922. The molecule has 1 aromatic rings. The van der Waals surface area contributed by atoms with Crippen LogP contribution in [0.15, 0.2) is 24.3 Å². The molecule has 0 saturated heterocycles. The van der Waals surface area contributed by atoms with Gasteiger partial charge in [0.1, 0.15) is 12.4 Å². The summed E-state index contributed by atoms with van der Waals surface area (Å²) in [5.41, 5.74) is 0.539. The number of hydrogen-bond donors (Lipinski definition) is 2. The number of carboxylic acid groups (broad SMARTS) is 1. The molecular formula is C16H25NO3. The lowest BCUT2D eigenvalue weighted by Crippen LogP contribution is -2.35. The van der Waals surface area contributed by atoms with Crippen molar-refractivity contribution in [2.24, 2.45) is 11.3 Å². The third kappa shape index (κ3) is 5.21. The highest BCUT2D eigenvalue weighted by Gasteiger charge is 2.21. The van der Waals surface area contributed by atoms with Crippen LogP contribution in [0.2, 0.25) is 0 Å². The first-order valence-corrected chi connectivity index (χ1v) is 7.00. The number of ether oxygens (including phenoxy) is 1. The molecule has 0 aliphatic heterocycles. The number of aromatic carboxylic acids is 1. The van der Waals surface area contributed by atoms with Gasteiger partial charge in [0.2, 0.25) is 0 Å². The van der Waals surface area contributed by atoms with Crippen molar-refractivity contribution in [3.8, 4) is 5.75 Å². The van der Waals surface area contributed by atoms with Gasteiger partial charge in [-0.1, -0.05) is 27.7 Å². The molecular weight excluding hydrogens is 254 g/mol. The Morgan fingerprint density at radius 1 is 1.30 bits per heavy atom. The van der Waals surface area contributed by atoms with E-state index in [-0.39, 0.29) is 11.0 Å². The van der Waals surface area contributed by atoms with Crippen molar-refractivity contribution >= 4 is 5.97 Å². The summed E-state index contributed by atoms with van der Waals surface area (Å²) in [6.45, 7) is 11.2. The largest absolute Gasteiger partial charge is 0.492 e. The molecule has 1 rings (SSSR count). The van der Waals surface area contributed by atoms with Crippen LogP contribution in [0.5, 0.6) is 5.75 Å². The van der Waals surface area contributed by atoms with Crippen LogP contribution >= 0.6 is 0 Å². The monoisotopic (exact) mass is 279 g/mol. The first-order valence-electron chi connectivity index (χ1n) is 7.00. The van der Waals surface area contributed by atoms with Gasteiger partial charge in [-0.25, -0.2) is 4.79 Å². The maximum atomic E-state index is 10.7. The Kier molecular flexibility index (Phi) is 6.02. The zero-order valence-corrected chi connectivity index (χ0v) is 12.8. The van der Waals surface area contributed by atoms with Crippen molar-refractivity contribution in [1.82, 2.24) is 5.32 Å². The number of rotatable bonds is 8. The molecule has 0 amide bonds. The zero-order valence-electron chi connectivity index (χ0n) is 12.8. The summed E-state index contributed by atoms with van der Waals surface area (Å²) in [6, 6.07) is 6.46. The van der Waals surface area contributed by atoms with Gasteiger partial charge >= 0.3 is 5.97 Å². The summed E-state index contributed by atoms with van der Waals surface area (Å²) in [6.07, 6.45) is 0. The second-order valence-corrected chi connectivity index (χ2v) is 6.00. The molecule has 0 radical (unpaired) electrons. The lowest BCUT2D eigenvalue weighted by molar-refractivity contribution is 0.0697. The van der Waals surface area contributed by atoms with Crippen molar-refractivity contribution in [2.45, 2.75) is 27.7 Å². The maximum absolute atomic E-state index is 10.7. The fourth-order valence-electron chi connectivity index (χ4n) is 1.55. The molecule has 112 valence electrons. The van der Waals surface area contributed by atoms with E-state index in [1.807, 2.05) is 0 Å². The molecule has 0 saturated carbocycles. The van der Waals surface area contributed by atoms with Crippen LogP contribution in [-0.2, 0) is 0 Å². The highest BCUT2D eigenvalue weighted by molar-refractivity contribution is 5.87. The molecule has 4 heteroatoms. The summed E-state index contributed by atoms with van der Waals surface area (Å²) in [5, 5.41) is 12.2. The first-order chi connectivity index (χ1) is 9.33. The van der Waals surface area contributed by atoms with E-state index >= 15 is 0 Å². The highest BCUT2D eigenvalue weighted by Crippen LogP contribution is 2.24. The average molecular weight is 279 g/mol. The van der Waals surface area contributed by atoms with Gasteiger partial charge < -0.3 is 15.2 Å². The van der Waals surface area contributed by atoms with Crippen LogP contribution < -0.4 is 10.1 Å². The number of hydrogen-bond acceptors (Lipinski definition) is 3. The Morgan fingerprint density at radius 3 is 2.40 bits per heavy atom. The predicted molar refractivity (Wildman–Crippen MR) is 80.4 cm³/mol. The molecule has 0 heterocycles. The fraction of sp³-hybridized carbons (Fsp3) is 0.562. The van der Waals surface area contributed by atoms with Crippen LogP contribution in [0.4, 0.5) is 0 Å². The van der Waals surface area contributed by atoms with Gasteiger partial charge in [0, 0.05) is 13.1 Å². The van der Waals surface area contributed by atoms with Crippen LogP contribution in [-0.4, -0.2) is 30.8 Å². The van der Waals surface area contributed by atoms with Crippen molar-refractivity contribution in [1.29, 1.82) is 0 Å². The maximum Gasteiger partial charge on any atom is 0.335 e. The summed E-state index contributed by atoms with van der Waals surface area (Å²) < 4.78 is 5.56. The van der Waals surface area contributed by atoms with Crippen molar-refractivity contribution < 1.29 is 14.6 Å². The number of carbonyl (C=O) groups is 1. The number of carboxylic acids is 1. The first kappa shape index (κ1) is 16.5. The molecule has 0 spiro atoms. The summed E-state index contributed by atoms with van der Waals surface area (Å²) in [4.78, 5) is 10.7. The van der Waals surface area contributed by atoms with Gasteiger partial charge in [0.15, 0.2) is 0 Å². The minimum absolute atomic E-state index is 0.267. The molecule has 0 aliphatic rings. The standard InChI is InChI=1S/C16H25NO3/c1-12(2)16(3,4)11-17-9-10-20-14-7-5-13(6-8-14)15(18)19/h5-8,12,17H,9-11H2,1-4H3,(H,18,19). The van der Waals surface area contributed by atoms with E-state index in [4.69, 9.17) is 9.84 Å². The van der Waals surface area contributed by atoms with E-state index in [0.717, 1.165) is 13.1 Å². The van der Waals surface area contributed by atoms with Crippen LogP contribution in [0.3, 0.4) is 0 Å². The van der Waals surface area contributed by atoms with Gasteiger partial charge in [0.25, 0.3) is 0 Å². The normalized spacial score (nSPS) is 11.7. The predicted octanol–water partition coefficient (Wildman–Crippen LogP) is 3.04. The number of benzene rings is 1. The third-order valence-corrected chi connectivity index (χ3v) is 3.79. The van der Waals surface area contributed by atoms with Crippen molar-refractivity contribution in [3.63, 3.8) is 0 Å². The lowest BCUT2D eigenvalue weighted by atomic mass is 9.81. The highest BCUT2D eigenvalue weighted by atomic mass is 16.5. The Hall–Kier alpha value is -1.55. The molecule has 0 aliphatic carbocycles. The average Bonchev–Trinajstić information content (AvgIpc) is 2.38. The van der Waals surface area contributed by atoms with Gasteiger partial charge in [-0.2, -0.15) is 0 Å². The molecule has 0 bridgehead atoms. The van der Waals surface area contributed by atoms with Crippen LogP contribution in [0, 0.1) is 11.3 Å². The molecule has 4 nitrogen and oxygen atoms in total. The molecule has 2 N–H and O–H groups in total. The summed E-state index contributed by atoms with van der Waals surface area (Å²) in [5.74, 6) is 0.397. The van der Waals surface area contributed by atoms with E-state index < -0.39 is 5.97 Å². The second kappa shape index (κ2) is 7.29. The van der Waals surface area contributed by atoms with Gasteiger partial charge in [-0.05, 0) is 35.6 Å². The molecule has 1 aromatic carbocycles.